The maximum absolute atomic E-state index is 8.99. The second kappa shape index (κ2) is 4.47. The summed E-state index contributed by atoms with van der Waals surface area (Å²) in [6.07, 6.45) is 2.86. The van der Waals surface area contributed by atoms with Crippen molar-refractivity contribution in [3.05, 3.63) is 45.8 Å². The Kier molecular flexibility index (Phi) is 2.82. The molecule has 0 saturated heterocycles. The lowest BCUT2D eigenvalue weighted by molar-refractivity contribution is 0.281. The highest BCUT2D eigenvalue weighted by molar-refractivity contribution is 7.10. The average molecular weight is 246 g/mol. The number of hydrogen-bond acceptors (Lipinski definition) is 4. The lowest BCUT2D eigenvalue weighted by atomic mass is 10.1. The topological polar surface area (TPSA) is 36.4 Å². The highest BCUT2D eigenvalue weighted by atomic mass is 32.1. The Morgan fingerprint density at radius 3 is 3.06 bits per heavy atom. The SMILES string of the molecule is OCc1ccc(N2CCc3sccc3C2)nc1. The molecule has 0 spiro atoms. The number of pyridine rings is 1. The highest BCUT2D eigenvalue weighted by Crippen LogP contribution is 2.26. The van der Waals surface area contributed by atoms with Gasteiger partial charge in [0, 0.05) is 24.2 Å². The number of aromatic nitrogens is 1. The van der Waals surface area contributed by atoms with Crippen molar-refractivity contribution < 1.29 is 5.11 Å². The number of rotatable bonds is 2. The molecule has 1 aliphatic rings. The van der Waals surface area contributed by atoms with Gasteiger partial charge < -0.3 is 10.0 Å². The summed E-state index contributed by atoms with van der Waals surface area (Å²) in [7, 11) is 0. The summed E-state index contributed by atoms with van der Waals surface area (Å²) in [5.41, 5.74) is 2.29. The predicted octanol–water partition coefficient (Wildman–Crippen LogP) is 2.20. The van der Waals surface area contributed by atoms with E-state index >= 15 is 0 Å². The maximum atomic E-state index is 8.99. The number of hydrogen-bond donors (Lipinski definition) is 1. The molecule has 2 aromatic heterocycles. The molecule has 0 atom stereocenters. The molecule has 0 amide bonds. The largest absolute Gasteiger partial charge is 0.392 e. The summed E-state index contributed by atoms with van der Waals surface area (Å²) in [5, 5.41) is 11.2. The molecule has 0 fully saturated rings. The smallest absolute Gasteiger partial charge is 0.128 e. The fraction of sp³-hybridized carbons (Fsp3) is 0.308. The van der Waals surface area contributed by atoms with Gasteiger partial charge in [-0.15, -0.1) is 11.3 Å². The Morgan fingerprint density at radius 1 is 1.35 bits per heavy atom. The fourth-order valence-corrected chi connectivity index (χ4v) is 3.03. The van der Waals surface area contributed by atoms with Crippen LogP contribution in [0.5, 0.6) is 0 Å². The zero-order valence-electron chi connectivity index (χ0n) is 9.47. The first-order valence-electron chi connectivity index (χ1n) is 5.73. The van der Waals surface area contributed by atoms with E-state index < -0.39 is 0 Å². The van der Waals surface area contributed by atoms with Gasteiger partial charge in [0.15, 0.2) is 0 Å². The van der Waals surface area contributed by atoms with Gasteiger partial charge in [0.25, 0.3) is 0 Å². The van der Waals surface area contributed by atoms with Crippen LogP contribution >= 0.6 is 11.3 Å². The molecule has 88 valence electrons. The van der Waals surface area contributed by atoms with Crippen molar-refractivity contribution in [1.82, 2.24) is 4.98 Å². The molecular formula is C13H14N2OS. The number of thiophene rings is 1. The van der Waals surface area contributed by atoms with Crippen LogP contribution in [0.2, 0.25) is 0 Å². The van der Waals surface area contributed by atoms with E-state index in [9.17, 15) is 0 Å². The van der Waals surface area contributed by atoms with Crippen LogP contribution in [0, 0.1) is 0 Å². The van der Waals surface area contributed by atoms with Crippen LogP contribution in [0.4, 0.5) is 5.82 Å². The molecule has 0 bridgehead atoms. The van der Waals surface area contributed by atoms with Crippen LogP contribution in [-0.4, -0.2) is 16.6 Å². The Bertz CT molecular complexity index is 506. The first-order chi connectivity index (χ1) is 8.36. The van der Waals surface area contributed by atoms with Gasteiger partial charge in [-0.3, -0.25) is 0 Å². The molecule has 3 rings (SSSR count). The lowest BCUT2D eigenvalue weighted by Gasteiger charge is -2.28. The normalized spacial score (nSPS) is 14.8. The first kappa shape index (κ1) is 10.7. The summed E-state index contributed by atoms with van der Waals surface area (Å²) < 4.78 is 0. The zero-order chi connectivity index (χ0) is 11.7. The molecule has 0 saturated carbocycles. The van der Waals surface area contributed by atoms with Crippen molar-refractivity contribution >= 4 is 17.2 Å². The first-order valence-corrected chi connectivity index (χ1v) is 6.61. The summed E-state index contributed by atoms with van der Waals surface area (Å²) in [5.74, 6) is 0.999. The lowest BCUT2D eigenvalue weighted by Crippen LogP contribution is -2.30. The maximum Gasteiger partial charge on any atom is 0.128 e. The van der Waals surface area contributed by atoms with Gasteiger partial charge in [-0.1, -0.05) is 6.07 Å². The number of fused-ring (bicyclic) bond motifs is 1. The zero-order valence-corrected chi connectivity index (χ0v) is 10.3. The third kappa shape index (κ3) is 2.06. The van der Waals surface area contributed by atoms with Crippen molar-refractivity contribution in [3.8, 4) is 0 Å². The van der Waals surface area contributed by atoms with E-state index in [4.69, 9.17) is 5.11 Å². The molecule has 4 heteroatoms. The van der Waals surface area contributed by atoms with Gasteiger partial charge in [-0.25, -0.2) is 4.98 Å². The van der Waals surface area contributed by atoms with Crippen molar-refractivity contribution in [2.75, 3.05) is 11.4 Å². The van der Waals surface area contributed by atoms with E-state index in [0.717, 1.165) is 30.9 Å². The second-order valence-corrected chi connectivity index (χ2v) is 5.22. The minimum Gasteiger partial charge on any atom is -0.392 e. The number of nitrogens with zero attached hydrogens (tertiary/aromatic N) is 2. The van der Waals surface area contributed by atoms with Gasteiger partial charge >= 0.3 is 0 Å². The summed E-state index contributed by atoms with van der Waals surface area (Å²) >= 11 is 1.85. The van der Waals surface area contributed by atoms with Gasteiger partial charge in [0.2, 0.25) is 0 Å². The Hall–Kier alpha value is -1.39. The number of aliphatic hydroxyl groups is 1. The van der Waals surface area contributed by atoms with Gasteiger partial charge in [-0.05, 0) is 35.1 Å². The average Bonchev–Trinajstić information content (AvgIpc) is 2.86. The molecule has 3 nitrogen and oxygen atoms in total. The van der Waals surface area contributed by atoms with Crippen LogP contribution in [-0.2, 0) is 19.6 Å². The molecule has 3 heterocycles. The minimum atomic E-state index is 0.0575. The molecule has 1 aliphatic heterocycles. The third-order valence-corrected chi connectivity index (χ3v) is 4.15. The predicted molar refractivity (Wildman–Crippen MR) is 69.2 cm³/mol. The number of anilines is 1. The van der Waals surface area contributed by atoms with Crippen LogP contribution in [0.15, 0.2) is 29.8 Å². The summed E-state index contributed by atoms with van der Waals surface area (Å²) in [4.78, 5) is 8.20. The monoisotopic (exact) mass is 246 g/mol. The van der Waals surface area contributed by atoms with Crippen LogP contribution in [0.1, 0.15) is 16.0 Å². The molecule has 0 aromatic carbocycles. The molecular weight excluding hydrogens is 232 g/mol. The second-order valence-electron chi connectivity index (χ2n) is 4.22. The van der Waals surface area contributed by atoms with Crippen LogP contribution in [0.25, 0.3) is 0 Å². The number of aliphatic hydroxyl groups excluding tert-OH is 1. The van der Waals surface area contributed by atoms with E-state index in [1.807, 2.05) is 23.5 Å². The van der Waals surface area contributed by atoms with Gasteiger partial charge in [0.05, 0.1) is 6.61 Å². The fourth-order valence-electron chi connectivity index (χ4n) is 2.14. The highest BCUT2D eigenvalue weighted by Gasteiger charge is 2.17. The van der Waals surface area contributed by atoms with Crippen molar-refractivity contribution in [1.29, 1.82) is 0 Å². The molecule has 0 radical (unpaired) electrons. The third-order valence-electron chi connectivity index (χ3n) is 3.12. The summed E-state index contributed by atoms with van der Waals surface area (Å²) in [6, 6.07) is 6.13. The van der Waals surface area contributed by atoms with Crippen molar-refractivity contribution in [3.63, 3.8) is 0 Å². The van der Waals surface area contributed by atoms with Crippen LogP contribution in [0.3, 0.4) is 0 Å². The Labute approximate surface area is 104 Å². The molecule has 17 heavy (non-hydrogen) atoms. The van der Waals surface area contributed by atoms with Crippen molar-refractivity contribution in [2.24, 2.45) is 0 Å². The molecule has 1 N–H and O–H groups in total. The quantitative estimate of drug-likeness (QED) is 0.882. The van der Waals surface area contributed by atoms with E-state index in [2.05, 4.69) is 21.3 Å². The van der Waals surface area contributed by atoms with E-state index in [0.29, 0.717) is 0 Å². The van der Waals surface area contributed by atoms with Crippen LogP contribution < -0.4 is 4.90 Å². The molecule has 2 aromatic rings. The van der Waals surface area contributed by atoms with Crippen molar-refractivity contribution in [2.45, 2.75) is 19.6 Å². The van der Waals surface area contributed by atoms with E-state index in [1.54, 1.807) is 6.20 Å². The van der Waals surface area contributed by atoms with Gasteiger partial charge in [0.1, 0.15) is 5.82 Å². The van der Waals surface area contributed by atoms with E-state index in [1.165, 1.54) is 10.4 Å². The molecule has 0 unspecified atom stereocenters. The standard InChI is InChI=1S/C13H14N2OS/c16-9-10-1-2-13(14-7-10)15-5-3-12-11(8-15)4-6-17-12/h1-2,4,6-7,16H,3,5,8-9H2. The van der Waals surface area contributed by atoms with E-state index in [-0.39, 0.29) is 6.61 Å². The Balaban J connectivity index is 1.81. The van der Waals surface area contributed by atoms with Gasteiger partial charge in [-0.2, -0.15) is 0 Å². The molecule has 0 aliphatic carbocycles. The Morgan fingerprint density at radius 2 is 2.29 bits per heavy atom. The summed E-state index contributed by atoms with van der Waals surface area (Å²) in [6.45, 7) is 2.03. The minimum absolute atomic E-state index is 0.0575.